The molecule has 0 saturated carbocycles. The van der Waals surface area contributed by atoms with Crippen molar-refractivity contribution in [3.8, 4) is 5.40 Å². The molecule has 0 aromatic heterocycles. The second kappa shape index (κ2) is 6.69. The highest BCUT2D eigenvalue weighted by atomic mass is 32.2. The lowest BCUT2D eigenvalue weighted by molar-refractivity contribution is 0.104. The van der Waals surface area contributed by atoms with Gasteiger partial charge in [-0.25, -0.2) is 4.39 Å². The summed E-state index contributed by atoms with van der Waals surface area (Å²) in [6.07, 6.45) is 1.40. The van der Waals surface area contributed by atoms with Crippen molar-refractivity contribution in [2.24, 2.45) is 0 Å². The molecule has 0 aliphatic carbocycles. The smallest absolute Gasteiger partial charge is 0.187 e. The average molecular weight is 283 g/mol. The Morgan fingerprint density at radius 2 is 1.70 bits per heavy atom. The molecule has 0 unspecified atom stereocenters. The van der Waals surface area contributed by atoms with Crippen LogP contribution < -0.4 is 0 Å². The topological polar surface area (TPSA) is 40.9 Å². The van der Waals surface area contributed by atoms with Crippen molar-refractivity contribution >= 4 is 22.5 Å². The molecule has 0 aliphatic heterocycles. The van der Waals surface area contributed by atoms with Crippen LogP contribution in [0.1, 0.15) is 15.9 Å². The minimum absolute atomic E-state index is 0.187. The molecular formula is C16H10FNOS. The summed E-state index contributed by atoms with van der Waals surface area (Å²) in [5, 5.41) is 10.8. The number of thioether (sulfide) groups is 1. The molecule has 2 aromatic rings. The van der Waals surface area contributed by atoms with Gasteiger partial charge in [0.2, 0.25) is 0 Å². The van der Waals surface area contributed by atoms with Gasteiger partial charge in [0.05, 0.1) is 0 Å². The Kier molecular flexibility index (Phi) is 4.70. The van der Waals surface area contributed by atoms with Gasteiger partial charge in [-0.3, -0.25) is 4.79 Å². The third-order valence-corrected chi connectivity index (χ3v) is 3.27. The third-order valence-electron chi connectivity index (χ3n) is 2.60. The molecule has 2 rings (SSSR count). The van der Waals surface area contributed by atoms with Crippen LogP contribution in [0.15, 0.2) is 60.7 Å². The minimum Gasteiger partial charge on any atom is -0.289 e. The summed E-state index contributed by atoms with van der Waals surface area (Å²) in [6.45, 7) is 0. The van der Waals surface area contributed by atoms with Gasteiger partial charge in [0.15, 0.2) is 5.78 Å². The summed E-state index contributed by atoms with van der Waals surface area (Å²) < 4.78 is 12.9. The Balaban J connectivity index is 2.33. The van der Waals surface area contributed by atoms with E-state index in [1.165, 1.54) is 18.2 Å². The molecule has 2 aromatic carbocycles. The molecule has 0 bridgehead atoms. The number of hydrogen-bond donors (Lipinski definition) is 0. The largest absolute Gasteiger partial charge is 0.289 e. The average Bonchev–Trinajstić information content (AvgIpc) is 2.48. The molecule has 0 heterocycles. The van der Waals surface area contributed by atoms with Gasteiger partial charge in [-0.15, -0.1) is 0 Å². The number of thiocyanates is 1. The van der Waals surface area contributed by atoms with E-state index in [-0.39, 0.29) is 11.6 Å². The molecule has 2 nitrogen and oxygen atoms in total. The first-order chi connectivity index (χ1) is 9.70. The van der Waals surface area contributed by atoms with Crippen LogP contribution in [0, 0.1) is 16.5 Å². The van der Waals surface area contributed by atoms with Crippen LogP contribution in [0.25, 0.3) is 4.91 Å². The monoisotopic (exact) mass is 283 g/mol. The number of benzene rings is 2. The van der Waals surface area contributed by atoms with Crippen LogP contribution in [0.2, 0.25) is 0 Å². The number of hydrogen-bond acceptors (Lipinski definition) is 3. The van der Waals surface area contributed by atoms with Gasteiger partial charge < -0.3 is 0 Å². The van der Waals surface area contributed by atoms with Gasteiger partial charge in [0, 0.05) is 16.5 Å². The molecular weight excluding hydrogens is 273 g/mol. The first kappa shape index (κ1) is 14.0. The lowest BCUT2D eigenvalue weighted by atomic mass is 10.1. The Labute approximate surface area is 120 Å². The first-order valence-electron chi connectivity index (χ1n) is 5.83. The number of halogens is 1. The van der Waals surface area contributed by atoms with Gasteiger partial charge in [0.1, 0.15) is 11.2 Å². The SMILES string of the molecule is N#CS/C(=C\C(=O)c1ccccc1)c1ccc(F)cc1. The highest BCUT2D eigenvalue weighted by Gasteiger charge is 2.08. The molecule has 4 heteroatoms. The van der Waals surface area contributed by atoms with Crippen LogP contribution in [-0.2, 0) is 0 Å². The highest BCUT2D eigenvalue weighted by molar-refractivity contribution is 8.12. The van der Waals surface area contributed by atoms with Crippen molar-refractivity contribution in [2.75, 3.05) is 0 Å². The summed E-state index contributed by atoms with van der Waals surface area (Å²) >= 11 is 0.882. The molecule has 0 amide bonds. The van der Waals surface area contributed by atoms with Crippen LogP contribution in [0.5, 0.6) is 0 Å². The zero-order valence-electron chi connectivity index (χ0n) is 10.4. The number of rotatable bonds is 4. The zero-order chi connectivity index (χ0) is 14.4. The molecule has 0 N–H and O–H groups in total. The standard InChI is InChI=1S/C16H10FNOS/c17-14-8-6-13(7-9-14)16(20-11-18)10-15(19)12-4-2-1-3-5-12/h1-10H/b16-10-. The van der Waals surface area contributed by atoms with E-state index in [0.29, 0.717) is 16.0 Å². The quantitative estimate of drug-likeness (QED) is 0.478. The molecule has 20 heavy (non-hydrogen) atoms. The molecule has 98 valence electrons. The van der Waals surface area contributed by atoms with E-state index in [2.05, 4.69) is 0 Å². The normalized spacial score (nSPS) is 10.9. The maximum atomic E-state index is 12.9. The van der Waals surface area contributed by atoms with E-state index in [1.807, 2.05) is 11.5 Å². The van der Waals surface area contributed by atoms with E-state index in [1.54, 1.807) is 36.4 Å². The second-order valence-corrected chi connectivity index (χ2v) is 4.77. The lowest BCUT2D eigenvalue weighted by Crippen LogP contribution is -1.95. The predicted octanol–water partition coefficient (Wildman–Crippen LogP) is 4.26. The maximum absolute atomic E-state index is 12.9. The van der Waals surface area contributed by atoms with Gasteiger partial charge in [-0.05, 0) is 29.5 Å². The zero-order valence-corrected chi connectivity index (χ0v) is 11.2. The number of allylic oxidation sites excluding steroid dienone is 1. The van der Waals surface area contributed by atoms with Crippen LogP contribution in [0.4, 0.5) is 4.39 Å². The fourth-order valence-corrected chi connectivity index (χ4v) is 2.16. The molecule has 0 saturated heterocycles. The highest BCUT2D eigenvalue weighted by Crippen LogP contribution is 2.27. The van der Waals surface area contributed by atoms with Gasteiger partial charge >= 0.3 is 0 Å². The number of carbonyl (C=O) groups is 1. The minimum atomic E-state index is -0.357. The van der Waals surface area contributed by atoms with E-state index in [4.69, 9.17) is 5.26 Å². The Morgan fingerprint density at radius 1 is 1.05 bits per heavy atom. The molecule has 0 atom stereocenters. The third kappa shape index (κ3) is 3.56. The molecule has 0 spiro atoms. The summed E-state index contributed by atoms with van der Waals surface area (Å²) in [6, 6.07) is 14.5. The maximum Gasteiger partial charge on any atom is 0.187 e. The summed E-state index contributed by atoms with van der Waals surface area (Å²) in [4.78, 5) is 12.6. The number of nitrogens with zero attached hydrogens (tertiary/aromatic N) is 1. The van der Waals surface area contributed by atoms with Gasteiger partial charge in [-0.1, -0.05) is 42.5 Å². The van der Waals surface area contributed by atoms with Crippen molar-refractivity contribution in [3.05, 3.63) is 77.6 Å². The van der Waals surface area contributed by atoms with Crippen molar-refractivity contribution < 1.29 is 9.18 Å². The van der Waals surface area contributed by atoms with Crippen LogP contribution in [-0.4, -0.2) is 5.78 Å². The Morgan fingerprint density at radius 3 is 2.30 bits per heavy atom. The summed E-state index contributed by atoms with van der Waals surface area (Å²) in [7, 11) is 0. The Hall–Kier alpha value is -2.38. The Bertz CT molecular complexity index is 672. The van der Waals surface area contributed by atoms with E-state index < -0.39 is 0 Å². The van der Waals surface area contributed by atoms with Crippen molar-refractivity contribution in [2.45, 2.75) is 0 Å². The summed E-state index contributed by atoms with van der Waals surface area (Å²) in [5.41, 5.74) is 1.19. The summed E-state index contributed by atoms with van der Waals surface area (Å²) in [5.74, 6) is -0.544. The molecule has 0 fully saturated rings. The predicted molar refractivity (Wildman–Crippen MR) is 78.4 cm³/mol. The van der Waals surface area contributed by atoms with Gasteiger partial charge in [0.25, 0.3) is 0 Å². The van der Waals surface area contributed by atoms with Crippen molar-refractivity contribution in [3.63, 3.8) is 0 Å². The van der Waals surface area contributed by atoms with Crippen molar-refractivity contribution in [1.29, 1.82) is 5.26 Å². The first-order valence-corrected chi connectivity index (χ1v) is 6.65. The van der Waals surface area contributed by atoms with Crippen LogP contribution in [0.3, 0.4) is 0 Å². The van der Waals surface area contributed by atoms with E-state index >= 15 is 0 Å². The van der Waals surface area contributed by atoms with Gasteiger partial charge in [-0.2, -0.15) is 5.26 Å². The lowest BCUT2D eigenvalue weighted by Gasteiger charge is -2.03. The van der Waals surface area contributed by atoms with Crippen LogP contribution >= 0.6 is 11.8 Å². The van der Waals surface area contributed by atoms with Crippen molar-refractivity contribution in [1.82, 2.24) is 0 Å². The van der Waals surface area contributed by atoms with E-state index in [9.17, 15) is 9.18 Å². The number of nitriles is 1. The molecule has 0 radical (unpaired) electrons. The fraction of sp³-hybridized carbons (Fsp3) is 0. The second-order valence-electron chi connectivity index (χ2n) is 3.94. The number of carbonyl (C=O) groups excluding carboxylic acids is 1. The fourth-order valence-electron chi connectivity index (χ4n) is 1.64. The molecule has 0 aliphatic rings. The number of ketones is 1. The van der Waals surface area contributed by atoms with E-state index in [0.717, 1.165) is 11.8 Å².